The van der Waals surface area contributed by atoms with Gasteiger partial charge in [-0.25, -0.2) is 0 Å². The first-order valence-corrected chi connectivity index (χ1v) is 2.47. The number of hydrogen-bond donors (Lipinski definition) is 1. The third-order valence-corrected chi connectivity index (χ3v) is 1.37. The molecule has 2 atom stereocenters. The summed E-state index contributed by atoms with van der Waals surface area (Å²) in [4.78, 5) is 0. The van der Waals surface area contributed by atoms with Crippen molar-refractivity contribution in [3.05, 3.63) is 0 Å². The quantitative estimate of drug-likeness (QED) is 0.465. The monoisotopic (exact) mass is 96.1 g/mol. The van der Waals surface area contributed by atoms with Gasteiger partial charge in [-0.3, -0.25) is 0 Å². The van der Waals surface area contributed by atoms with Crippen LogP contribution in [0.15, 0.2) is 0 Å². The normalized spacial score (nSPS) is 38.9. The van der Waals surface area contributed by atoms with Crippen molar-refractivity contribution in [1.29, 1.82) is 5.26 Å². The second-order valence-corrected chi connectivity index (χ2v) is 1.99. The molecule has 1 aliphatic heterocycles. The molecule has 0 saturated carbocycles. The lowest BCUT2D eigenvalue weighted by Crippen LogP contribution is -2.50. The zero-order valence-electron chi connectivity index (χ0n) is 4.31. The summed E-state index contributed by atoms with van der Waals surface area (Å²) in [5.41, 5.74) is 0. The summed E-state index contributed by atoms with van der Waals surface area (Å²) in [6.45, 7) is 3.09. The van der Waals surface area contributed by atoms with Gasteiger partial charge >= 0.3 is 0 Å². The Bertz CT molecular complexity index is 103. The molecule has 1 fully saturated rings. The van der Waals surface area contributed by atoms with E-state index in [2.05, 4.69) is 18.3 Å². The van der Waals surface area contributed by atoms with E-state index in [1.54, 1.807) is 0 Å². The van der Waals surface area contributed by atoms with Crippen LogP contribution in [0.2, 0.25) is 0 Å². The summed E-state index contributed by atoms with van der Waals surface area (Å²) in [6.07, 6.45) is 0. The minimum Gasteiger partial charge on any atom is -0.301 e. The molecule has 1 saturated heterocycles. The molecule has 0 aromatic heterocycles. The van der Waals surface area contributed by atoms with Crippen molar-refractivity contribution in [2.24, 2.45) is 5.92 Å². The van der Waals surface area contributed by atoms with E-state index in [-0.39, 0.29) is 6.04 Å². The molecule has 0 spiro atoms. The molecular weight excluding hydrogens is 88.1 g/mol. The largest absolute Gasteiger partial charge is 0.301 e. The van der Waals surface area contributed by atoms with Crippen LogP contribution in [-0.4, -0.2) is 12.6 Å². The van der Waals surface area contributed by atoms with E-state index >= 15 is 0 Å². The molecule has 0 aliphatic carbocycles. The minimum absolute atomic E-state index is 0.139. The Morgan fingerprint density at radius 1 is 1.86 bits per heavy atom. The van der Waals surface area contributed by atoms with Crippen molar-refractivity contribution in [3.8, 4) is 6.07 Å². The van der Waals surface area contributed by atoms with E-state index in [4.69, 9.17) is 5.26 Å². The lowest BCUT2D eigenvalue weighted by molar-refractivity contribution is 0.310. The van der Waals surface area contributed by atoms with Crippen molar-refractivity contribution >= 4 is 0 Å². The lowest BCUT2D eigenvalue weighted by Gasteiger charge is -2.29. The molecule has 1 aliphatic rings. The van der Waals surface area contributed by atoms with E-state index in [9.17, 15) is 0 Å². The molecule has 0 radical (unpaired) electrons. The van der Waals surface area contributed by atoms with Gasteiger partial charge in [0.1, 0.15) is 0 Å². The van der Waals surface area contributed by atoms with Crippen molar-refractivity contribution in [2.75, 3.05) is 6.54 Å². The van der Waals surface area contributed by atoms with Gasteiger partial charge in [0.15, 0.2) is 0 Å². The number of hydrogen-bond acceptors (Lipinski definition) is 2. The van der Waals surface area contributed by atoms with Gasteiger partial charge in [0.25, 0.3) is 0 Å². The lowest BCUT2D eigenvalue weighted by atomic mass is 9.96. The van der Waals surface area contributed by atoms with Gasteiger partial charge < -0.3 is 5.32 Å². The van der Waals surface area contributed by atoms with E-state index < -0.39 is 0 Å². The number of rotatable bonds is 0. The zero-order valence-corrected chi connectivity index (χ0v) is 4.31. The SMILES string of the molecule is CC1CNC1C#N. The highest BCUT2D eigenvalue weighted by atomic mass is 15.0. The van der Waals surface area contributed by atoms with Crippen LogP contribution in [-0.2, 0) is 0 Å². The Kier molecular flexibility index (Phi) is 0.994. The molecule has 38 valence electrons. The van der Waals surface area contributed by atoms with Crippen LogP contribution in [0.5, 0.6) is 0 Å². The van der Waals surface area contributed by atoms with Gasteiger partial charge in [-0.2, -0.15) is 5.26 Å². The van der Waals surface area contributed by atoms with Crippen LogP contribution in [0.3, 0.4) is 0 Å². The van der Waals surface area contributed by atoms with E-state index in [0.717, 1.165) is 6.54 Å². The highest BCUT2D eigenvalue weighted by molar-refractivity contribution is 5.00. The van der Waals surface area contributed by atoms with Crippen LogP contribution in [0.1, 0.15) is 6.92 Å². The molecule has 2 nitrogen and oxygen atoms in total. The van der Waals surface area contributed by atoms with Gasteiger partial charge in [0.2, 0.25) is 0 Å². The van der Waals surface area contributed by atoms with Crippen molar-refractivity contribution in [1.82, 2.24) is 5.32 Å². The van der Waals surface area contributed by atoms with E-state index in [0.29, 0.717) is 5.92 Å². The van der Waals surface area contributed by atoms with Gasteiger partial charge in [0.05, 0.1) is 12.1 Å². The average Bonchev–Trinajstić information content (AvgIpc) is 1.65. The summed E-state index contributed by atoms with van der Waals surface area (Å²) in [6, 6.07) is 2.28. The Morgan fingerprint density at radius 3 is 2.57 bits per heavy atom. The number of nitriles is 1. The second-order valence-electron chi connectivity index (χ2n) is 1.99. The highest BCUT2D eigenvalue weighted by Gasteiger charge is 2.24. The fourth-order valence-corrected chi connectivity index (χ4v) is 0.644. The first-order chi connectivity index (χ1) is 3.34. The van der Waals surface area contributed by atoms with Gasteiger partial charge in [-0.15, -0.1) is 0 Å². The molecule has 2 heteroatoms. The minimum atomic E-state index is 0.139. The van der Waals surface area contributed by atoms with Crippen molar-refractivity contribution < 1.29 is 0 Å². The van der Waals surface area contributed by atoms with E-state index in [1.807, 2.05) is 0 Å². The molecule has 7 heavy (non-hydrogen) atoms. The predicted octanol–water partition coefficient (Wildman–Crippen LogP) is 0.118. The van der Waals surface area contributed by atoms with Crippen LogP contribution in [0.4, 0.5) is 0 Å². The van der Waals surface area contributed by atoms with Crippen LogP contribution < -0.4 is 5.32 Å². The van der Waals surface area contributed by atoms with Crippen LogP contribution in [0, 0.1) is 17.2 Å². The molecule has 1 heterocycles. The summed E-state index contributed by atoms with van der Waals surface area (Å²) in [7, 11) is 0. The Balaban J connectivity index is 2.33. The van der Waals surface area contributed by atoms with Gasteiger partial charge in [-0.05, 0) is 5.92 Å². The first kappa shape index (κ1) is 4.61. The third kappa shape index (κ3) is 0.594. The topological polar surface area (TPSA) is 35.8 Å². The molecule has 1 N–H and O–H groups in total. The van der Waals surface area contributed by atoms with Crippen molar-refractivity contribution in [2.45, 2.75) is 13.0 Å². The second kappa shape index (κ2) is 1.51. The number of nitrogens with zero attached hydrogens (tertiary/aromatic N) is 1. The first-order valence-electron chi connectivity index (χ1n) is 2.47. The maximum atomic E-state index is 8.24. The van der Waals surface area contributed by atoms with E-state index in [1.165, 1.54) is 0 Å². The Labute approximate surface area is 43.1 Å². The standard InChI is InChI=1S/C5H8N2/c1-4-3-7-5(4)2-6/h4-5,7H,3H2,1H3. The summed E-state index contributed by atoms with van der Waals surface area (Å²) in [5.74, 6) is 0.574. The van der Waals surface area contributed by atoms with Crippen molar-refractivity contribution in [3.63, 3.8) is 0 Å². The maximum Gasteiger partial charge on any atom is 0.0991 e. The molecule has 0 bridgehead atoms. The predicted molar refractivity (Wildman–Crippen MR) is 26.6 cm³/mol. The molecule has 0 aromatic rings. The molecular formula is C5H8N2. The molecule has 0 aromatic carbocycles. The zero-order chi connectivity index (χ0) is 5.28. The molecule has 2 unspecified atom stereocenters. The highest BCUT2D eigenvalue weighted by Crippen LogP contribution is 2.09. The number of nitrogens with one attached hydrogen (secondary N) is 1. The Morgan fingerprint density at radius 2 is 2.57 bits per heavy atom. The smallest absolute Gasteiger partial charge is 0.0991 e. The molecule has 1 rings (SSSR count). The summed E-state index contributed by atoms with van der Waals surface area (Å²) < 4.78 is 0. The van der Waals surface area contributed by atoms with Crippen LogP contribution in [0.25, 0.3) is 0 Å². The summed E-state index contributed by atoms with van der Waals surface area (Å²) >= 11 is 0. The molecule has 0 amide bonds. The average molecular weight is 96.1 g/mol. The van der Waals surface area contributed by atoms with Crippen LogP contribution >= 0.6 is 0 Å². The van der Waals surface area contributed by atoms with Gasteiger partial charge in [-0.1, -0.05) is 6.92 Å². The Hall–Kier alpha value is -0.550. The summed E-state index contributed by atoms with van der Waals surface area (Å²) in [5, 5.41) is 11.2. The maximum absolute atomic E-state index is 8.24. The fraction of sp³-hybridized carbons (Fsp3) is 0.800. The third-order valence-electron chi connectivity index (χ3n) is 1.37. The van der Waals surface area contributed by atoms with Gasteiger partial charge in [0, 0.05) is 6.54 Å². The fourth-order valence-electron chi connectivity index (χ4n) is 0.644.